The van der Waals surface area contributed by atoms with Gasteiger partial charge in [-0.15, -0.1) is 0 Å². The summed E-state index contributed by atoms with van der Waals surface area (Å²) in [5.41, 5.74) is 0.191. The zero-order valence-electron chi connectivity index (χ0n) is 14.3. The van der Waals surface area contributed by atoms with Crippen molar-refractivity contribution in [2.45, 2.75) is 13.1 Å². The van der Waals surface area contributed by atoms with Crippen molar-refractivity contribution >= 4 is 11.0 Å². The van der Waals surface area contributed by atoms with Crippen LogP contribution in [0.3, 0.4) is 0 Å². The van der Waals surface area contributed by atoms with Crippen molar-refractivity contribution in [1.82, 2.24) is 24.5 Å². The van der Waals surface area contributed by atoms with Gasteiger partial charge in [0.1, 0.15) is 11.5 Å². The van der Waals surface area contributed by atoms with E-state index < -0.39 is 17.6 Å². The summed E-state index contributed by atoms with van der Waals surface area (Å²) in [5, 5.41) is 8.26. The quantitative estimate of drug-likeness (QED) is 0.491. The smallest absolute Gasteiger partial charge is 0.275 e. The van der Waals surface area contributed by atoms with E-state index in [9.17, 15) is 17.6 Å². The van der Waals surface area contributed by atoms with Crippen LogP contribution in [0.2, 0.25) is 0 Å². The minimum atomic E-state index is -4.59. The Morgan fingerprint density at radius 2 is 1.67 bits per heavy atom. The molecule has 0 spiro atoms. The molecule has 4 aromatic rings. The molecule has 0 aliphatic heterocycles. The maximum Gasteiger partial charge on any atom is 0.417 e. The van der Waals surface area contributed by atoms with Crippen LogP contribution in [0.15, 0.2) is 42.6 Å². The van der Waals surface area contributed by atoms with Gasteiger partial charge in [-0.2, -0.15) is 23.4 Å². The van der Waals surface area contributed by atoms with Crippen LogP contribution in [0.1, 0.15) is 11.3 Å². The number of alkyl halides is 3. The lowest BCUT2D eigenvalue weighted by Gasteiger charge is -2.11. The maximum atomic E-state index is 13.7. The highest BCUT2D eigenvalue weighted by Gasteiger charge is 2.36. The van der Waals surface area contributed by atoms with E-state index in [2.05, 4.69) is 15.2 Å². The van der Waals surface area contributed by atoms with Crippen molar-refractivity contribution in [3.05, 3.63) is 59.7 Å². The SMILES string of the molecule is Cc1nn(-c2ccc(F)cc2)c2nc(-c3ccn(C)n3)cc(C(F)(F)F)c12. The van der Waals surface area contributed by atoms with Gasteiger partial charge < -0.3 is 0 Å². The molecule has 138 valence electrons. The van der Waals surface area contributed by atoms with Crippen molar-refractivity contribution < 1.29 is 17.6 Å². The van der Waals surface area contributed by atoms with Crippen LogP contribution in [0, 0.1) is 12.7 Å². The molecule has 0 saturated heterocycles. The standard InChI is InChI=1S/C18H13F4N5/c1-10-16-13(18(20,21)22)9-15(14-7-8-26(2)25-14)23-17(16)27(24-10)12-5-3-11(19)4-6-12/h3-9H,1-2H3. The van der Waals surface area contributed by atoms with Gasteiger partial charge in [-0.1, -0.05) is 0 Å². The first-order chi connectivity index (χ1) is 12.7. The topological polar surface area (TPSA) is 48.5 Å². The van der Waals surface area contributed by atoms with Crippen molar-refractivity contribution in [1.29, 1.82) is 0 Å². The molecule has 5 nitrogen and oxygen atoms in total. The second-order valence-electron chi connectivity index (χ2n) is 6.10. The minimum Gasteiger partial charge on any atom is -0.275 e. The van der Waals surface area contributed by atoms with E-state index in [0.717, 1.165) is 6.07 Å². The van der Waals surface area contributed by atoms with Crippen LogP contribution in [-0.2, 0) is 13.2 Å². The summed E-state index contributed by atoms with van der Waals surface area (Å²) in [6, 6.07) is 7.86. The highest BCUT2D eigenvalue weighted by atomic mass is 19.4. The molecule has 9 heteroatoms. The molecule has 3 heterocycles. The van der Waals surface area contributed by atoms with Crippen LogP contribution in [0.5, 0.6) is 0 Å². The molecule has 0 radical (unpaired) electrons. The van der Waals surface area contributed by atoms with Crippen LogP contribution in [0.25, 0.3) is 28.1 Å². The minimum absolute atomic E-state index is 0.0367. The molecule has 0 saturated carbocycles. The Hall–Kier alpha value is -3.23. The molecule has 3 aromatic heterocycles. The normalized spacial score (nSPS) is 12.1. The number of hydrogen-bond donors (Lipinski definition) is 0. The van der Waals surface area contributed by atoms with Gasteiger partial charge >= 0.3 is 6.18 Å². The number of hydrogen-bond acceptors (Lipinski definition) is 3. The summed E-state index contributed by atoms with van der Waals surface area (Å²) in [4.78, 5) is 4.38. The number of aromatic nitrogens is 5. The number of fused-ring (bicyclic) bond motifs is 1. The van der Waals surface area contributed by atoms with Gasteiger partial charge in [-0.3, -0.25) is 4.68 Å². The Bertz CT molecular complexity index is 1140. The maximum absolute atomic E-state index is 13.7. The van der Waals surface area contributed by atoms with E-state index in [1.54, 1.807) is 19.3 Å². The third-order valence-electron chi connectivity index (χ3n) is 4.17. The molecule has 0 aliphatic carbocycles. The molecular formula is C18H13F4N5. The van der Waals surface area contributed by atoms with E-state index in [1.807, 2.05) is 0 Å². The van der Waals surface area contributed by atoms with E-state index in [-0.39, 0.29) is 22.4 Å². The fourth-order valence-corrected chi connectivity index (χ4v) is 2.96. The summed E-state index contributed by atoms with van der Waals surface area (Å²) in [7, 11) is 1.67. The zero-order chi connectivity index (χ0) is 19.3. The van der Waals surface area contributed by atoms with Gasteiger partial charge in [0, 0.05) is 13.2 Å². The highest BCUT2D eigenvalue weighted by Crippen LogP contribution is 2.38. The molecule has 0 N–H and O–H groups in total. The van der Waals surface area contributed by atoms with Crippen LogP contribution >= 0.6 is 0 Å². The number of nitrogens with zero attached hydrogens (tertiary/aromatic N) is 5. The van der Waals surface area contributed by atoms with E-state index in [4.69, 9.17) is 0 Å². The van der Waals surface area contributed by atoms with E-state index in [0.29, 0.717) is 11.4 Å². The lowest BCUT2D eigenvalue weighted by atomic mass is 10.1. The number of aryl methyl sites for hydroxylation is 2. The van der Waals surface area contributed by atoms with Crippen molar-refractivity contribution in [3.8, 4) is 17.1 Å². The average Bonchev–Trinajstić information content (AvgIpc) is 3.18. The fraction of sp³-hybridized carbons (Fsp3) is 0.167. The van der Waals surface area contributed by atoms with Gasteiger partial charge in [0.15, 0.2) is 5.65 Å². The van der Waals surface area contributed by atoms with E-state index >= 15 is 0 Å². The first kappa shape index (κ1) is 17.2. The molecule has 0 amide bonds. The van der Waals surface area contributed by atoms with Gasteiger partial charge in [-0.05, 0) is 43.3 Å². The molecule has 4 rings (SSSR count). The molecule has 0 fully saturated rings. The Morgan fingerprint density at radius 3 is 2.26 bits per heavy atom. The second kappa shape index (κ2) is 5.90. The van der Waals surface area contributed by atoms with Crippen LogP contribution < -0.4 is 0 Å². The predicted octanol–water partition coefficient (Wildman–Crippen LogP) is 4.29. The van der Waals surface area contributed by atoms with Gasteiger partial charge in [0.2, 0.25) is 0 Å². The lowest BCUT2D eigenvalue weighted by molar-refractivity contribution is -0.136. The third kappa shape index (κ3) is 2.94. The Balaban J connectivity index is 2.05. The number of halogens is 4. The van der Waals surface area contributed by atoms with E-state index in [1.165, 1.54) is 40.6 Å². The summed E-state index contributed by atoms with van der Waals surface area (Å²) < 4.78 is 57.2. The Morgan fingerprint density at radius 1 is 0.963 bits per heavy atom. The first-order valence-electron chi connectivity index (χ1n) is 7.97. The van der Waals surface area contributed by atoms with Gasteiger partial charge in [0.25, 0.3) is 0 Å². The number of rotatable bonds is 2. The van der Waals surface area contributed by atoms with Gasteiger partial charge in [0.05, 0.1) is 28.0 Å². The largest absolute Gasteiger partial charge is 0.417 e. The lowest BCUT2D eigenvalue weighted by Crippen LogP contribution is -2.08. The Kier molecular flexibility index (Phi) is 3.76. The summed E-state index contributed by atoms with van der Waals surface area (Å²) in [5.74, 6) is -0.454. The van der Waals surface area contributed by atoms with Crippen molar-refractivity contribution in [2.75, 3.05) is 0 Å². The average molecular weight is 375 g/mol. The van der Waals surface area contributed by atoms with Gasteiger partial charge in [-0.25, -0.2) is 14.1 Å². The molecule has 1 aromatic carbocycles. The highest BCUT2D eigenvalue weighted by molar-refractivity contribution is 5.86. The third-order valence-corrected chi connectivity index (χ3v) is 4.17. The summed E-state index contributed by atoms with van der Waals surface area (Å²) in [6.07, 6.45) is -2.97. The number of benzene rings is 1. The van der Waals surface area contributed by atoms with Crippen LogP contribution in [-0.4, -0.2) is 24.5 Å². The second-order valence-corrected chi connectivity index (χ2v) is 6.10. The van der Waals surface area contributed by atoms with Crippen molar-refractivity contribution in [2.24, 2.45) is 7.05 Å². The molecule has 0 atom stereocenters. The summed E-state index contributed by atoms with van der Waals surface area (Å²) >= 11 is 0. The fourth-order valence-electron chi connectivity index (χ4n) is 2.96. The molecule has 0 unspecified atom stereocenters. The monoisotopic (exact) mass is 375 g/mol. The van der Waals surface area contributed by atoms with Crippen LogP contribution in [0.4, 0.5) is 17.6 Å². The molecular weight excluding hydrogens is 362 g/mol. The number of pyridine rings is 1. The van der Waals surface area contributed by atoms with Crippen molar-refractivity contribution in [3.63, 3.8) is 0 Å². The first-order valence-corrected chi connectivity index (χ1v) is 7.97. The molecule has 0 aliphatic rings. The Labute approximate surface area is 150 Å². The molecule has 27 heavy (non-hydrogen) atoms. The predicted molar refractivity (Wildman–Crippen MR) is 90.8 cm³/mol. The zero-order valence-corrected chi connectivity index (χ0v) is 14.3. The molecule has 0 bridgehead atoms. The summed E-state index contributed by atoms with van der Waals surface area (Å²) in [6.45, 7) is 1.49.